The van der Waals surface area contributed by atoms with Gasteiger partial charge in [0.25, 0.3) is 0 Å². The topological polar surface area (TPSA) is 57.6 Å². The molecule has 0 spiro atoms. The van der Waals surface area contributed by atoms with Crippen LogP contribution in [0.15, 0.2) is 30.3 Å². The molecule has 1 aromatic carbocycles. The summed E-state index contributed by atoms with van der Waals surface area (Å²) < 4.78 is 0. The molecule has 1 heterocycles. The molecular formula is C17H21NO3. The maximum absolute atomic E-state index is 12.1. The van der Waals surface area contributed by atoms with Crippen LogP contribution >= 0.6 is 0 Å². The average Bonchev–Trinajstić information content (AvgIpc) is 3.00. The summed E-state index contributed by atoms with van der Waals surface area (Å²) >= 11 is 0. The monoisotopic (exact) mass is 287 g/mol. The molecule has 1 aliphatic carbocycles. The summed E-state index contributed by atoms with van der Waals surface area (Å²) in [5.41, 5.74) is 1.32. The Morgan fingerprint density at radius 1 is 1.10 bits per heavy atom. The van der Waals surface area contributed by atoms with Crippen molar-refractivity contribution >= 4 is 11.9 Å². The van der Waals surface area contributed by atoms with Gasteiger partial charge >= 0.3 is 5.97 Å². The number of carboxylic acids is 1. The van der Waals surface area contributed by atoms with Crippen LogP contribution in [0.25, 0.3) is 0 Å². The Morgan fingerprint density at radius 3 is 2.38 bits per heavy atom. The third kappa shape index (κ3) is 3.09. The number of carboxylic acid groups (broad SMARTS) is 1. The molecule has 3 atom stereocenters. The predicted molar refractivity (Wildman–Crippen MR) is 78.7 cm³/mol. The standard InChI is InChI=1S/C17H21NO3/c19-15(9-5-4-8-12-6-2-1-3-7-12)18-10-13-14(11-18)16(13)17(20)21/h1-3,6-7,13-14,16H,4-5,8-11H2,(H,20,21)/t13-,14+,16?. The van der Waals surface area contributed by atoms with Gasteiger partial charge in [0.1, 0.15) is 0 Å². The van der Waals surface area contributed by atoms with Crippen molar-refractivity contribution in [2.45, 2.75) is 25.7 Å². The van der Waals surface area contributed by atoms with E-state index in [0.717, 1.165) is 19.3 Å². The number of piperidine rings is 1. The van der Waals surface area contributed by atoms with Crippen molar-refractivity contribution in [1.29, 1.82) is 0 Å². The number of hydrogen-bond donors (Lipinski definition) is 1. The van der Waals surface area contributed by atoms with Gasteiger partial charge in [-0.1, -0.05) is 30.3 Å². The third-order valence-electron chi connectivity index (χ3n) is 4.78. The molecule has 4 heteroatoms. The summed E-state index contributed by atoms with van der Waals surface area (Å²) in [6.45, 7) is 1.30. The molecular weight excluding hydrogens is 266 g/mol. The summed E-state index contributed by atoms with van der Waals surface area (Å²) in [5, 5.41) is 8.96. The molecule has 2 aliphatic rings. The molecule has 4 nitrogen and oxygen atoms in total. The van der Waals surface area contributed by atoms with Gasteiger partial charge in [-0.2, -0.15) is 0 Å². The second-order valence-electron chi connectivity index (χ2n) is 6.18. The summed E-state index contributed by atoms with van der Waals surface area (Å²) in [6.07, 6.45) is 3.53. The van der Waals surface area contributed by atoms with E-state index in [1.807, 2.05) is 23.1 Å². The van der Waals surface area contributed by atoms with E-state index in [4.69, 9.17) is 5.11 Å². The zero-order valence-electron chi connectivity index (χ0n) is 12.1. The molecule has 1 amide bonds. The number of benzene rings is 1. The van der Waals surface area contributed by atoms with Crippen LogP contribution in [0.4, 0.5) is 0 Å². The number of hydrogen-bond acceptors (Lipinski definition) is 2. The first-order chi connectivity index (χ1) is 10.2. The minimum atomic E-state index is -0.694. The Kier molecular flexibility index (Phi) is 3.95. The summed E-state index contributed by atoms with van der Waals surface area (Å²) in [4.78, 5) is 24.8. The van der Waals surface area contributed by atoms with Gasteiger partial charge in [0, 0.05) is 19.5 Å². The average molecular weight is 287 g/mol. The minimum Gasteiger partial charge on any atom is -0.481 e. The first kappa shape index (κ1) is 14.1. The SMILES string of the molecule is O=C(O)C1[C@H]2CN(C(=O)CCCCc3ccccc3)C[C@@H]12. The highest BCUT2D eigenvalue weighted by atomic mass is 16.4. The molecule has 1 saturated carbocycles. The maximum Gasteiger partial charge on any atom is 0.307 e. The lowest BCUT2D eigenvalue weighted by Crippen LogP contribution is -2.32. The lowest BCUT2D eigenvalue weighted by Gasteiger charge is -2.19. The molecule has 1 N–H and O–H groups in total. The van der Waals surface area contributed by atoms with Gasteiger partial charge in [0.2, 0.25) is 5.91 Å². The fraction of sp³-hybridized carbons (Fsp3) is 0.529. The van der Waals surface area contributed by atoms with E-state index >= 15 is 0 Å². The van der Waals surface area contributed by atoms with Gasteiger partial charge < -0.3 is 10.0 Å². The minimum absolute atomic E-state index is 0.188. The largest absolute Gasteiger partial charge is 0.481 e. The van der Waals surface area contributed by atoms with E-state index in [0.29, 0.717) is 19.5 Å². The lowest BCUT2D eigenvalue weighted by atomic mass is 10.1. The van der Waals surface area contributed by atoms with Crippen molar-refractivity contribution in [1.82, 2.24) is 4.90 Å². The second-order valence-corrected chi connectivity index (χ2v) is 6.18. The van der Waals surface area contributed by atoms with E-state index in [-0.39, 0.29) is 23.7 Å². The molecule has 0 radical (unpaired) electrons. The number of aryl methyl sites for hydroxylation is 1. The number of fused-ring (bicyclic) bond motifs is 1. The lowest BCUT2D eigenvalue weighted by molar-refractivity contribution is -0.141. The fourth-order valence-electron chi connectivity index (χ4n) is 3.50. The van der Waals surface area contributed by atoms with Gasteiger partial charge in [0.05, 0.1) is 5.92 Å². The highest BCUT2D eigenvalue weighted by Gasteiger charge is 2.60. The van der Waals surface area contributed by atoms with E-state index in [1.54, 1.807) is 0 Å². The van der Waals surface area contributed by atoms with Crippen molar-refractivity contribution < 1.29 is 14.7 Å². The Bertz CT molecular complexity index is 516. The second kappa shape index (κ2) is 5.88. The van der Waals surface area contributed by atoms with Crippen LogP contribution in [0, 0.1) is 17.8 Å². The van der Waals surface area contributed by atoms with Crippen molar-refractivity contribution in [2.75, 3.05) is 13.1 Å². The molecule has 1 unspecified atom stereocenters. The molecule has 112 valence electrons. The molecule has 1 saturated heterocycles. The molecule has 1 aromatic rings. The highest BCUT2D eigenvalue weighted by molar-refractivity contribution is 5.79. The molecule has 0 aromatic heterocycles. The first-order valence-corrected chi connectivity index (χ1v) is 7.71. The number of nitrogens with zero attached hydrogens (tertiary/aromatic N) is 1. The van der Waals surface area contributed by atoms with Crippen LogP contribution in [0.2, 0.25) is 0 Å². The molecule has 3 rings (SSSR count). The number of amides is 1. The first-order valence-electron chi connectivity index (χ1n) is 7.71. The van der Waals surface area contributed by atoms with Gasteiger partial charge in [-0.05, 0) is 36.7 Å². The Labute approximate surface area is 124 Å². The quantitative estimate of drug-likeness (QED) is 0.816. The summed E-state index contributed by atoms with van der Waals surface area (Å²) in [6, 6.07) is 10.3. The highest BCUT2D eigenvalue weighted by Crippen LogP contribution is 2.51. The molecule has 2 fully saturated rings. The van der Waals surface area contributed by atoms with Crippen molar-refractivity contribution in [3.8, 4) is 0 Å². The van der Waals surface area contributed by atoms with Gasteiger partial charge in [-0.25, -0.2) is 0 Å². The Hall–Kier alpha value is -1.84. The molecule has 0 bridgehead atoms. The third-order valence-corrected chi connectivity index (χ3v) is 4.78. The zero-order valence-corrected chi connectivity index (χ0v) is 12.1. The molecule has 1 aliphatic heterocycles. The van der Waals surface area contributed by atoms with Gasteiger partial charge in [-0.3, -0.25) is 9.59 Å². The number of likely N-dealkylation sites (tertiary alicyclic amines) is 1. The van der Waals surface area contributed by atoms with Crippen LogP contribution < -0.4 is 0 Å². The summed E-state index contributed by atoms with van der Waals surface area (Å²) in [7, 11) is 0. The number of carbonyl (C=O) groups is 2. The number of carbonyl (C=O) groups excluding carboxylic acids is 1. The Morgan fingerprint density at radius 2 is 1.76 bits per heavy atom. The van der Waals surface area contributed by atoms with E-state index < -0.39 is 5.97 Å². The fourth-order valence-corrected chi connectivity index (χ4v) is 3.50. The van der Waals surface area contributed by atoms with Crippen LogP contribution in [0.5, 0.6) is 0 Å². The zero-order chi connectivity index (χ0) is 14.8. The van der Waals surface area contributed by atoms with Gasteiger partial charge in [0.15, 0.2) is 0 Å². The van der Waals surface area contributed by atoms with Crippen molar-refractivity contribution in [2.24, 2.45) is 17.8 Å². The van der Waals surface area contributed by atoms with Crippen LogP contribution in [0.3, 0.4) is 0 Å². The van der Waals surface area contributed by atoms with Crippen LogP contribution in [-0.4, -0.2) is 35.0 Å². The predicted octanol–water partition coefficient (Wildman–Crippen LogP) is 2.19. The smallest absolute Gasteiger partial charge is 0.307 e. The normalized spacial score (nSPS) is 26.5. The van der Waals surface area contributed by atoms with E-state index in [9.17, 15) is 9.59 Å². The van der Waals surface area contributed by atoms with Crippen LogP contribution in [0.1, 0.15) is 24.8 Å². The van der Waals surface area contributed by atoms with E-state index in [1.165, 1.54) is 5.56 Å². The Balaban J connectivity index is 1.34. The molecule has 21 heavy (non-hydrogen) atoms. The number of unbranched alkanes of at least 4 members (excludes halogenated alkanes) is 1. The van der Waals surface area contributed by atoms with E-state index in [2.05, 4.69) is 12.1 Å². The van der Waals surface area contributed by atoms with Crippen molar-refractivity contribution in [3.05, 3.63) is 35.9 Å². The maximum atomic E-state index is 12.1. The van der Waals surface area contributed by atoms with Crippen molar-refractivity contribution in [3.63, 3.8) is 0 Å². The van der Waals surface area contributed by atoms with Gasteiger partial charge in [-0.15, -0.1) is 0 Å². The number of rotatable bonds is 6. The summed E-state index contributed by atoms with van der Waals surface area (Å²) in [5.74, 6) is -0.252. The van der Waals surface area contributed by atoms with Crippen LogP contribution in [-0.2, 0) is 16.0 Å². The number of aliphatic carboxylic acids is 1.